The molecule has 0 radical (unpaired) electrons. The predicted molar refractivity (Wildman–Crippen MR) is 59.4 cm³/mol. The molecule has 0 saturated heterocycles. The molecule has 2 nitrogen and oxygen atoms in total. The van der Waals surface area contributed by atoms with Crippen LogP contribution in [-0.4, -0.2) is 4.98 Å². The van der Waals surface area contributed by atoms with Gasteiger partial charge in [0.2, 0.25) is 0 Å². The SMILES string of the molecule is N#Cc1cc(-c2ccccc2)cc(Cl)n1. The lowest BCUT2D eigenvalue weighted by atomic mass is 10.1. The van der Waals surface area contributed by atoms with Crippen LogP contribution in [0.2, 0.25) is 5.15 Å². The van der Waals surface area contributed by atoms with E-state index in [0.717, 1.165) is 11.1 Å². The van der Waals surface area contributed by atoms with E-state index in [1.165, 1.54) is 0 Å². The van der Waals surface area contributed by atoms with Gasteiger partial charge in [-0.25, -0.2) is 4.98 Å². The van der Waals surface area contributed by atoms with E-state index < -0.39 is 0 Å². The molecule has 0 N–H and O–H groups in total. The molecule has 1 aromatic carbocycles. The number of rotatable bonds is 1. The number of benzene rings is 1. The molecule has 0 aliphatic heterocycles. The fourth-order valence-electron chi connectivity index (χ4n) is 1.35. The van der Waals surface area contributed by atoms with Crippen molar-refractivity contribution in [2.24, 2.45) is 0 Å². The number of hydrogen-bond acceptors (Lipinski definition) is 2. The minimum Gasteiger partial charge on any atom is -0.225 e. The maximum atomic E-state index is 8.76. The Balaban J connectivity index is 2.55. The van der Waals surface area contributed by atoms with Crippen molar-refractivity contribution in [1.29, 1.82) is 5.26 Å². The first-order valence-corrected chi connectivity index (χ1v) is 4.80. The first-order chi connectivity index (χ1) is 7.29. The predicted octanol–water partition coefficient (Wildman–Crippen LogP) is 3.27. The van der Waals surface area contributed by atoms with Crippen LogP contribution >= 0.6 is 11.6 Å². The highest BCUT2D eigenvalue weighted by atomic mass is 35.5. The summed E-state index contributed by atoms with van der Waals surface area (Å²) in [6.07, 6.45) is 0. The van der Waals surface area contributed by atoms with E-state index in [1.807, 2.05) is 36.4 Å². The van der Waals surface area contributed by atoms with Crippen molar-refractivity contribution < 1.29 is 0 Å². The lowest BCUT2D eigenvalue weighted by molar-refractivity contribution is 1.26. The highest BCUT2D eigenvalue weighted by Crippen LogP contribution is 2.22. The summed E-state index contributed by atoms with van der Waals surface area (Å²) < 4.78 is 0. The molecule has 0 bridgehead atoms. The van der Waals surface area contributed by atoms with Gasteiger partial charge in [-0.3, -0.25) is 0 Å². The van der Waals surface area contributed by atoms with Gasteiger partial charge in [-0.15, -0.1) is 0 Å². The molecule has 3 heteroatoms. The summed E-state index contributed by atoms with van der Waals surface area (Å²) in [5.74, 6) is 0. The first-order valence-electron chi connectivity index (χ1n) is 4.43. The van der Waals surface area contributed by atoms with Gasteiger partial charge in [-0.2, -0.15) is 5.26 Å². The molecule has 0 atom stereocenters. The molecule has 72 valence electrons. The fourth-order valence-corrected chi connectivity index (χ4v) is 1.56. The number of hydrogen-bond donors (Lipinski definition) is 0. The standard InChI is InChI=1S/C12H7ClN2/c13-12-7-10(6-11(8-14)15-12)9-4-2-1-3-5-9/h1-7H. The van der Waals surface area contributed by atoms with Crippen LogP contribution < -0.4 is 0 Å². The van der Waals surface area contributed by atoms with Crippen molar-refractivity contribution in [2.45, 2.75) is 0 Å². The molecule has 1 aromatic heterocycles. The second-order valence-electron chi connectivity index (χ2n) is 3.04. The third-order valence-corrected chi connectivity index (χ3v) is 2.21. The number of nitrogens with zero attached hydrogens (tertiary/aromatic N) is 2. The van der Waals surface area contributed by atoms with Gasteiger partial charge in [0, 0.05) is 0 Å². The van der Waals surface area contributed by atoms with Gasteiger partial charge in [0.1, 0.15) is 16.9 Å². The van der Waals surface area contributed by atoms with Crippen LogP contribution in [0.3, 0.4) is 0 Å². The summed E-state index contributed by atoms with van der Waals surface area (Å²) in [6.45, 7) is 0. The Hall–Kier alpha value is -1.85. The lowest BCUT2D eigenvalue weighted by Crippen LogP contribution is -1.85. The maximum absolute atomic E-state index is 8.76. The normalized spacial score (nSPS) is 9.60. The van der Waals surface area contributed by atoms with Crippen molar-refractivity contribution >= 4 is 11.6 Å². The van der Waals surface area contributed by atoms with Crippen LogP contribution in [0, 0.1) is 11.3 Å². The van der Waals surface area contributed by atoms with Gasteiger partial charge in [0.15, 0.2) is 0 Å². The Bertz CT molecular complexity index is 515. The number of halogens is 1. The third-order valence-electron chi connectivity index (χ3n) is 2.02. The van der Waals surface area contributed by atoms with Gasteiger partial charge in [0.05, 0.1) is 0 Å². The van der Waals surface area contributed by atoms with Gasteiger partial charge in [-0.1, -0.05) is 41.9 Å². The number of aromatic nitrogens is 1. The van der Waals surface area contributed by atoms with Gasteiger partial charge in [-0.05, 0) is 23.3 Å². The summed E-state index contributed by atoms with van der Waals surface area (Å²) in [6, 6.07) is 15.2. The van der Waals surface area contributed by atoms with E-state index in [2.05, 4.69) is 4.98 Å². The van der Waals surface area contributed by atoms with Crippen LogP contribution in [0.4, 0.5) is 0 Å². The van der Waals surface area contributed by atoms with Gasteiger partial charge < -0.3 is 0 Å². The molecular weight excluding hydrogens is 208 g/mol. The summed E-state index contributed by atoms with van der Waals surface area (Å²) in [5, 5.41) is 9.10. The van der Waals surface area contributed by atoms with E-state index in [-0.39, 0.29) is 0 Å². The molecule has 2 aromatic rings. The zero-order chi connectivity index (χ0) is 10.7. The number of nitriles is 1. The summed E-state index contributed by atoms with van der Waals surface area (Å²) in [7, 11) is 0. The molecule has 0 amide bonds. The highest BCUT2D eigenvalue weighted by Gasteiger charge is 2.02. The largest absolute Gasteiger partial charge is 0.225 e. The fraction of sp³-hybridized carbons (Fsp3) is 0. The van der Waals surface area contributed by atoms with Crippen molar-refractivity contribution in [3.05, 3.63) is 53.3 Å². The highest BCUT2D eigenvalue weighted by molar-refractivity contribution is 6.29. The molecule has 1 heterocycles. The van der Waals surface area contributed by atoms with E-state index >= 15 is 0 Å². The molecular formula is C12H7ClN2. The maximum Gasteiger partial charge on any atom is 0.142 e. The van der Waals surface area contributed by atoms with E-state index in [4.69, 9.17) is 16.9 Å². The Morgan fingerprint density at radius 3 is 2.47 bits per heavy atom. The Morgan fingerprint density at radius 2 is 1.80 bits per heavy atom. The second kappa shape index (κ2) is 4.12. The van der Waals surface area contributed by atoms with Crippen LogP contribution in [0.5, 0.6) is 0 Å². The Morgan fingerprint density at radius 1 is 1.07 bits per heavy atom. The van der Waals surface area contributed by atoms with Crippen LogP contribution in [-0.2, 0) is 0 Å². The average Bonchev–Trinajstić information content (AvgIpc) is 2.29. The van der Waals surface area contributed by atoms with E-state index in [0.29, 0.717) is 10.8 Å². The topological polar surface area (TPSA) is 36.7 Å². The summed E-state index contributed by atoms with van der Waals surface area (Å²) >= 11 is 5.82. The molecule has 15 heavy (non-hydrogen) atoms. The summed E-state index contributed by atoms with van der Waals surface area (Å²) in [5.41, 5.74) is 2.27. The molecule has 0 aliphatic carbocycles. The molecule has 0 aliphatic rings. The van der Waals surface area contributed by atoms with Crippen molar-refractivity contribution in [3.8, 4) is 17.2 Å². The zero-order valence-electron chi connectivity index (χ0n) is 7.81. The van der Waals surface area contributed by atoms with Gasteiger partial charge in [0.25, 0.3) is 0 Å². The quantitative estimate of drug-likeness (QED) is 0.683. The smallest absolute Gasteiger partial charge is 0.142 e. The minimum atomic E-state index is 0.335. The average molecular weight is 215 g/mol. The lowest BCUT2D eigenvalue weighted by Gasteiger charge is -2.01. The molecule has 0 spiro atoms. The monoisotopic (exact) mass is 214 g/mol. The van der Waals surface area contributed by atoms with E-state index in [9.17, 15) is 0 Å². The van der Waals surface area contributed by atoms with Crippen molar-refractivity contribution in [3.63, 3.8) is 0 Å². The van der Waals surface area contributed by atoms with Crippen molar-refractivity contribution in [2.75, 3.05) is 0 Å². The van der Waals surface area contributed by atoms with Gasteiger partial charge >= 0.3 is 0 Å². The van der Waals surface area contributed by atoms with Crippen LogP contribution in [0.15, 0.2) is 42.5 Å². The molecule has 0 unspecified atom stereocenters. The van der Waals surface area contributed by atoms with Crippen LogP contribution in [0.25, 0.3) is 11.1 Å². The zero-order valence-corrected chi connectivity index (χ0v) is 8.57. The first kappa shape index (κ1) is 9.70. The Kier molecular flexibility index (Phi) is 2.66. The minimum absolute atomic E-state index is 0.335. The molecule has 0 saturated carbocycles. The second-order valence-corrected chi connectivity index (χ2v) is 3.43. The summed E-state index contributed by atoms with van der Waals surface area (Å²) in [4.78, 5) is 3.88. The van der Waals surface area contributed by atoms with Crippen LogP contribution in [0.1, 0.15) is 5.69 Å². The van der Waals surface area contributed by atoms with E-state index in [1.54, 1.807) is 12.1 Å². The Labute approximate surface area is 92.8 Å². The molecule has 2 rings (SSSR count). The van der Waals surface area contributed by atoms with Crippen molar-refractivity contribution in [1.82, 2.24) is 4.98 Å². The number of pyridine rings is 1. The third kappa shape index (κ3) is 2.15. The molecule has 0 fully saturated rings.